The first-order valence-corrected chi connectivity index (χ1v) is 16.9. The normalized spacial score (nSPS) is 11.8. The van der Waals surface area contributed by atoms with Gasteiger partial charge in [0.25, 0.3) is 0 Å². The van der Waals surface area contributed by atoms with Crippen LogP contribution in [0.5, 0.6) is 0 Å². The van der Waals surface area contributed by atoms with Gasteiger partial charge in [-0.3, -0.25) is 9.68 Å². The minimum atomic E-state index is -5.10. The average molecular weight is 657 g/mol. The van der Waals surface area contributed by atoms with Gasteiger partial charge in [-0.15, -0.1) is 0 Å². The Morgan fingerprint density at radius 2 is 1.22 bits per heavy atom. The van der Waals surface area contributed by atoms with Crippen LogP contribution in [-0.2, 0) is 14.5 Å². The van der Waals surface area contributed by atoms with E-state index in [-0.39, 0.29) is 11.9 Å². The number of amides is 3. The molecule has 0 bridgehead atoms. The second kappa shape index (κ2) is 31.8. The predicted octanol–water partition coefficient (Wildman–Crippen LogP) is 5.23. The van der Waals surface area contributed by atoms with Crippen molar-refractivity contribution in [3.63, 3.8) is 0 Å². The fourth-order valence-electron chi connectivity index (χ4n) is 4.57. The fraction of sp³-hybridized carbons (Fsp3) is 0.903. The highest BCUT2D eigenvalue weighted by atomic mass is 19.4. The van der Waals surface area contributed by atoms with E-state index in [4.69, 9.17) is 16.7 Å². The Labute approximate surface area is 269 Å². The first kappa shape index (κ1) is 45.0. The molecule has 11 nitrogen and oxygen atoms in total. The lowest BCUT2D eigenvalue weighted by molar-refractivity contribution is -0.272. The van der Waals surface area contributed by atoms with Crippen LogP contribution in [0.15, 0.2) is 0 Å². The van der Waals surface area contributed by atoms with E-state index >= 15 is 0 Å². The number of nitrogens with two attached hydrogens (primary N) is 2. The topological polar surface area (TPSA) is 172 Å². The van der Waals surface area contributed by atoms with E-state index in [1.165, 1.54) is 51.4 Å². The van der Waals surface area contributed by atoms with Crippen LogP contribution in [0.2, 0.25) is 0 Å². The van der Waals surface area contributed by atoms with Gasteiger partial charge in [0.05, 0.1) is 0 Å². The van der Waals surface area contributed by atoms with Crippen molar-refractivity contribution >= 4 is 17.9 Å². The molecule has 0 rings (SSSR count). The third-order valence-electron chi connectivity index (χ3n) is 7.18. The standard InChI is InChI=1S/C29H62N6O2.C2HF3O3/c1-3-5-7-9-11-13-19-27(28(31)36)35(26-16-12-10-8-6-4-2)29(37)34-25-18-24-33-22-15-14-21-32-23-17-20-30;3-2(4,5)1(6)8-7/h27,32-33H,3-26,30H2,1-2H3,(H2,31,36)(H,34,37);7H. The number of rotatable bonds is 28. The smallest absolute Gasteiger partial charge is 0.368 e. The second-order valence-corrected chi connectivity index (χ2v) is 11.2. The molecule has 0 aliphatic heterocycles. The number of carbonyl (C=O) groups is 3. The molecule has 0 aromatic rings. The Morgan fingerprint density at radius 1 is 0.733 bits per heavy atom. The summed E-state index contributed by atoms with van der Waals surface area (Å²) in [4.78, 5) is 38.7. The molecule has 0 saturated carbocycles. The predicted molar refractivity (Wildman–Crippen MR) is 172 cm³/mol. The minimum Gasteiger partial charge on any atom is -0.368 e. The third kappa shape index (κ3) is 29.0. The Hall–Kier alpha value is -2.16. The number of primary amides is 1. The van der Waals surface area contributed by atoms with Crippen LogP contribution in [0.1, 0.15) is 123 Å². The number of carbonyl (C=O) groups excluding carboxylic acids is 3. The Bertz CT molecular complexity index is 720. The van der Waals surface area contributed by atoms with Crippen molar-refractivity contribution in [3.8, 4) is 0 Å². The van der Waals surface area contributed by atoms with Crippen LogP contribution in [0.3, 0.4) is 0 Å². The maximum absolute atomic E-state index is 13.1. The number of halogens is 3. The van der Waals surface area contributed by atoms with Crippen LogP contribution in [0.25, 0.3) is 0 Å². The molecule has 0 aliphatic rings. The highest BCUT2D eigenvalue weighted by Gasteiger charge is 2.41. The molecule has 0 aromatic heterocycles. The monoisotopic (exact) mass is 656 g/mol. The highest BCUT2D eigenvalue weighted by molar-refractivity contribution is 5.85. The molecule has 3 amide bonds. The van der Waals surface area contributed by atoms with Crippen LogP contribution in [0.4, 0.5) is 18.0 Å². The van der Waals surface area contributed by atoms with E-state index in [1.54, 1.807) is 4.90 Å². The van der Waals surface area contributed by atoms with E-state index in [0.717, 1.165) is 84.1 Å². The number of nitrogens with one attached hydrogen (secondary N) is 3. The van der Waals surface area contributed by atoms with Gasteiger partial charge >= 0.3 is 18.2 Å². The maximum atomic E-state index is 13.1. The molecular formula is C31H63F3N6O5. The second-order valence-electron chi connectivity index (χ2n) is 11.2. The number of nitrogens with zero attached hydrogens (tertiary/aromatic N) is 1. The van der Waals surface area contributed by atoms with Gasteiger partial charge in [-0.2, -0.15) is 18.4 Å². The van der Waals surface area contributed by atoms with E-state index in [2.05, 4.69) is 34.7 Å². The first-order valence-electron chi connectivity index (χ1n) is 16.9. The lowest BCUT2D eigenvalue weighted by atomic mass is 10.0. The first-order chi connectivity index (χ1) is 21.6. The number of hydrogen-bond donors (Lipinski definition) is 6. The van der Waals surface area contributed by atoms with Crippen molar-refractivity contribution < 1.29 is 37.7 Å². The van der Waals surface area contributed by atoms with Gasteiger partial charge in [0.2, 0.25) is 5.91 Å². The van der Waals surface area contributed by atoms with Crippen molar-refractivity contribution in [1.82, 2.24) is 20.9 Å². The molecular weight excluding hydrogens is 593 g/mol. The summed E-state index contributed by atoms with van der Waals surface area (Å²) in [6.07, 6.45) is 13.5. The molecule has 268 valence electrons. The summed E-state index contributed by atoms with van der Waals surface area (Å²) in [5.41, 5.74) is 11.3. The molecule has 0 aromatic carbocycles. The van der Waals surface area contributed by atoms with E-state index in [1.807, 2.05) is 0 Å². The largest absolute Gasteiger partial charge is 0.494 e. The quantitative estimate of drug-likeness (QED) is 0.0378. The molecule has 14 heteroatoms. The van der Waals surface area contributed by atoms with Gasteiger partial charge in [-0.05, 0) is 71.2 Å². The summed E-state index contributed by atoms with van der Waals surface area (Å²) in [5, 5.41) is 17.0. The molecule has 0 radical (unpaired) electrons. The fourth-order valence-corrected chi connectivity index (χ4v) is 4.57. The van der Waals surface area contributed by atoms with Gasteiger partial charge in [0, 0.05) is 13.1 Å². The van der Waals surface area contributed by atoms with Crippen molar-refractivity contribution in [2.24, 2.45) is 11.5 Å². The Morgan fingerprint density at radius 3 is 1.69 bits per heavy atom. The molecule has 0 aliphatic carbocycles. The van der Waals surface area contributed by atoms with Crippen LogP contribution in [0, 0.1) is 0 Å². The van der Waals surface area contributed by atoms with Gasteiger partial charge in [-0.1, -0.05) is 84.5 Å². The SMILES string of the molecule is CCCCCCCCC(C(N)=O)N(CCCCCCCC)C(=O)NCCCNCCCCNCCCN.O=C(OO)C(F)(F)F. The zero-order valence-electron chi connectivity index (χ0n) is 27.9. The molecule has 0 saturated heterocycles. The Balaban J connectivity index is 0. The summed E-state index contributed by atoms with van der Waals surface area (Å²) in [7, 11) is 0. The van der Waals surface area contributed by atoms with Gasteiger partial charge in [0.15, 0.2) is 0 Å². The maximum Gasteiger partial charge on any atom is 0.494 e. The lowest BCUT2D eigenvalue weighted by Gasteiger charge is -2.30. The highest BCUT2D eigenvalue weighted by Crippen LogP contribution is 2.16. The van der Waals surface area contributed by atoms with Gasteiger partial charge in [0.1, 0.15) is 6.04 Å². The van der Waals surface area contributed by atoms with Gasteiger partial charge < -0.3 is 32.3 Å². The zero-order chi connectivity index (χ0) is 34.2. The number of alkyl halides is 3. The molecule has 45 heavy (non-hydrogen) atoms. The summed E-state index contributed by atoms with van der Waals surface area (Å²) in [6.45, 7) is 10.2. The van der Waals surface area contributed by atoms with Gasteiger partial charge in [-0.25, -0.2) is 9.59 Å². The number of hydrogen-bond acceptors (Lipinski definition) is 8. The third-order valence-corrected chi connectivity index (χ3v) is 7.18. The van der Waals surface area contributed by atoms with Crippen molar-refractivity contribution in [1.29, 1.82) is 0 Å². The van der Waals surface area contributed by atoms with E-state index in [0.29, 0.717) is 19.5 Å². The van der Waals surface area contributed by atoms with Crippen molar-refractivity contribution in [3.05, 3.63) is 0 Å². The zero-order valence-corrected chi connectivity index (χ0v) is 27.9. The minimum absolute atomic E-state index is 0.146. The lowest BCUT2D eigenvalue weighted by Crippen LogP contribution is -2.52. The van der Waals surface area contributed by atoms with Crippen LogP contribution >= 0.6 is 0 Å². The molecule has 0 spiro atoms. The number of urea groups is 1. The Kier molecular flexibility index (Phi) is 31.8. The summed E-state index contributed by atoms with van der Waals surface area (Å²) in [5.74, 6) is -2.99. The molecule has 0 heterocycles. The molecule has 0 fully saturated rings. The van der Waals surface area contributed by atoms with Crippen LogP contribution < -0.4 is 27.4 Å². The molecule has 1 unspecified atom stereocenters. The van der Waals surface area contributed by atoms with Crippen LogP contribution in [-0.4, -0.2) is 86.1 Å². The van der Waals surface area contributed by atoms with E-state index < -0.39 is 18.2 Å². The van der Waals surface area contributed by atoms with E-state index in [9.17, 15) is 27.6 Å². The number of unbranched alkanes of at least 4 members (excludes halogenated alkanes) is 11. The summed E-state index contributed by atoms with van der Waals surface area (Å²) in [6, 6.07) is -0.662. The van der Waals surface area contributed by atoms with Crippen molar-refractivity contribution in [2.45, 2.75) is 135 Å². The summed E-state index contributed by atoms with van der Waals surface area (Å²) < 4.78 is 32.4. The van der Waals surface area contributed by atoms with Crippen molar-refractivity contribution in [2.75, 3.05) is 45.8 Å². The molecule has 8 N–H and O–H groups in total. The summed E-state index contributed by atoms with van der Waals surface area (Å²) >= 11 is 0. The molecule has 1 atom stereocenters. The average Bonchev–Trinajstić information content (AvgIpc) is 3.00.